The van der Waals surface area contributed by atoms with Crippen molar-refractivity contribution in [3.63, 3.8) is 0 Å². The van der Waals surface area contributed by atoms with Crippen molar-refractivity contribution >= 4 is 15.7 Å². The first-order chi connectivity index (χ1) is 13.0. The van der Waals surface area contributed by atoms with Gasteiger partial charge in [0.2, 0.25) is 21.7 Å². The summed E-state index contributed by atoms with van der Waals surface area (Å²) in [6.07, 6.45) is 0. The number of aromatic nitrogens is 2. The lowest BCUT2D eigenvalue weighted by Gasteiger charge is -2.35. The molecule has 0 bridgehead atoms. The van der Waals surface area contributed by atoms with Gasteiger partial charge < -0.3 is 9.42 Å². The van der Waals surface area contributed by atoms with E-state index in [9.17, 15) is 8.42 Å². The molecule has 0 amide bonds. The predicted molar refractivity (Wildman–Crippen MR) is 102 cm³/mol. The number of aryl methyl sites for hydroxylation is 1. The average Bonchev–Trinajstić information content (AvgIpc) is 3.15. The van der Waals surface area contributed by atoms with Crippen LogP contribution in [0.15, 0.2) is 64.0 Å². The smallest absolute Gasteiger partial charge is 0.243 e. The quantitative estimate of drug-likeness (QED) is 0.688. The van der Waals surface area contributed by atoms with E-state index in [0.717, 1.165) is 5.69 Å². The molecule has 0 aliphatic carbocycles. The highest BCUT2D eigenvalue weighted by Crippen LogP contribution is 2.24. The molecule has 2 heterocycles. The zero-order valence-corrected chi connectivity index (χ0v) is 15.8. The Morgan fingerprint density at radius 1 is 0.963 bits per heavy atom. The van der Waals surface area contributed by atoms with Crippen molar-refractivity contribution in [2.24, 2.45) is 0 Å². The SMILES string of the molecule is Cc1nc(-c2cccc(S(=O)(=O)N3CCN(c4ccccc4)CC3)c2)no1. The lowest BCUT2D eigenvalue weighted by Crippen LogP contribution is -2.48. The van der Waals surface area contributed by atoms with E-state index in [1.165, 1.54) is 4.31 Å². The summed E-state index contributed by atoms with van der Waals surface area (Å²) in [4.78, 5) is 6.61. The molecule has 0 unspecified atom stereocenters. The fourth-order valence-electron chi connectivity index (χ4n) is 3.19. The van der Waals surface area contributed by atoms with Crippen LogP contribution in [-0.2, 0) is 10.0 Å². The molecule has 1 aromatic heterocycles. The van der Waals surface area contributed by atoms with E-state index in [2.05, 4.69) is 15.0 Å². The van der Waals surface area contributed by atoms with Crippen molar-refractivity contribution in [3.8, 4) is 11.4 Å². The fourth-order valence-corrected chi connectivity index (χ4v) is 4.66. The van der Waals surface area contributed by atoms with Gasteiger partial charge in [0, 0.05) is 44.4 Å². The number of sulfonamides is 1. The van der Waals surface area contributed by atoms with Gasteiger partial charge in [-0.25, -0.2) is 8.42 Å². The van der Waals surface area contributed by atoms with Crippen molar-refractivity contribution in [2.45, 2.75) is 11.8 Å². The van der Waals surface area contributed by atoms with E-state index in [1.807, 2.05) is 30.3 Å². The first-order valence-corrected chi connectivity index (χ1v) is 10.2. The maximum atomic E-state index is 13.1. The van der Waals surface area contributed by atoms with Crippen LogP contribution >= 0.6 is 0 Å². The highest BCUT2D eigenvalue weighted by molar-refractivity contribution is 7.89. The Morgan fingerprint density at radius 3 is 2.37 bits per heavy atom. The number of piperazine rings is 1. The summed E-state index contributed by atoms with van der Waals surface area (Å²) in [5.74, 6) is 0.828. The third kappa shape index (κ3) is 3.58. The molecule has 3 aromatic rings. The van der Waals surface area contributed by atoms with Gasteiger partial charge >= 0.3 is 0 Å². The Bertz CT molecular complexity index is 1030. The molecule has 140 valence electrons. The second kappa shape index (κ2) is 7.13. The van der Waals surface area contributed by atoms with Crippen molar-refractivity contribution in [2.75, 3.05) is 31.1 Å². The van der Waals surface area contributed by atoms with Crippen LogP contribution in [0.5, 0.6) is 0 Å². The summed E-state index contributed by atoms with van der Waals surface area (Å²) in [5.41, 5.74) is 1.74. The molecule has 4 rings (SSSR count). The monoisotopic (exact) mass is 384 g/mol. The summed E-state index contributed by atoms with van der Waals surface area (Å²) >= 11 is 0. The van der Waals surface area contributed by atoms with Crippen LogP contribution in [0.4, 0.5) is 5.69 Å². The Hall–Kier alpha value is -2.71. The third-order valence-corrected chi connectivity index (χ3v) is 6.51. The molecule has 1 fully saturated rings. The molecular formula is C19H20N4O3S. The number of hydrogen-bond acceptors (Lipinski definition) is 6. The van der Waals surface area contributed by atoms with E-state index in [1.54, 1.807) is 31.2 Å². The largest absolute Gasteiger partial charge is 0.369 e. The zero-order valence-electron chi connectivity index (χ0n) is 14.9. The summed E-state index contributed by atoms with van der Waals surface area (Å²) in [5, 5.41) is 3.86. The Labute approximate surface area is 158 Å². The van der Waals surface area contributed by atoms with Crippen molar-refractivity contribution in [1.29, 1.82) is 0 Å². The molecule has 0 N–H and O–H groups in total. The Balaban J connectivity index is 1.52. The van der Waals surface area contributed by atoms with E-state index in [-0.39, 0.29) is 4.90 Å². The second-order valence-corrected chi connectivity index (χ2v) is 8.33. The minimum Gasteiger partial charge on any atom is -0.369 e. The third-order valence-electron chi connectivity index (χ3n) is 4.62. The van der Waals surface area contributed by atoms with Crippen molar-refractivity contribution < 1.29 is 12.9 Å². The average molecular weight is 384 g/mol. The first kappa shape index (κ1) is 17.7. The number of nitrogens with zero attached hydrogens (tertiary/aromatic N) is 4. The lowest BCUT2D eigenvalue weighted by atomic mass is 10.2. The number of rotatable bonds is 4. The van der Waals surface area contributed by atoms with Gasteiger partial charge in [-0.15, -0.1) is 0 Å². The first-order valence-electron chi connectivity index (χ1n) is 8.75. The molecule has 7 nitrogen and oxygen atoms in total. The predicted octanol–water partition coefficient (Wildman–Crippen LogP) is 2.56. The summed E-state index contributed by atoms with van der Waals surface area (Å²) < 4.78 is 32.6. The van der Waals surface area contributed by atoms with Crippen molar-refractivity contribution in [3.05, 3.63) is 60.5 Å². The molecule has 1 aliphatic rings. The number of anilines is 1. The van der Waals surface area contributed by atoms with Gasteiger partial charge in [0.15, 0.2) is 0 Å². The molecule has 8 heteroatoms. The van der Waals surface area contributed by atoms with Crippen LogP contribution in [0.2, 0.25) is 0 Å². The molecule has 1 aliphatic heterocycles. The van der Waals surface area contributed by atoms with Gasteiger partial charge in [0.1, 0.15) is 0 Å². The molecule has 1 saturated heterocycles. The summed E-state index contributed by atoms with van der Waals surface area (Å²) in [7, 11) is -3.57. The molecule has 0 atom stereocenters. The van der Waals surface area contributed by atoms with Gasteiger partial charge in [-0.1, -0.05) is 35.5 Å². The van der Waals surface area contributed by atoms with Gasteiger partial charge in [-0.3, -0.25) is 0 Å². The summed E-state index contributed by atoms with van der Waals surface area (Å²) in [6.45, 7) is 3.91. The van der Waals surface area contributed by atoms with Crippen LogP contribution in [0.25, 0.3) is 11.4 Å². The van der Waals surface area contributed by atoms with Crippen LogP contribution < -0.4 is 4.90 Å². The highest BCUT2D eigenvalue weighted by atomic mass is 32.2. The topological polar surface area (TPSA) is 79.5 Å². The normalized spacial score (nSPS) is 15.8. The van der Waals surface area contributed by atoms with Gasteiger partial charge in [-0.05, 0) is 24.3 Å². The van der Waals surface area contributed by atoms with Gasteiger partial charge in [0.05, 0.1) is 4.90 Å². The molecule has 27 heavy (non-hydrogen) atoms. The minimum atomic E-state index is -3.57. The molecule has 2 aromatic carbocycles. The van der Waals surface area contributed by atoms with Crippen molar-refractivity contribution in [1.82, 2.24) is 14.4 Å². The van der Waals surface area contributed by atoms with E-state index < -0.39 is 10.0 Å². The molecule has 0 radical (unpaired) electrons. The van der Waals surface area contributed by atoms with E-state index >= 15 is 0 Å². The number of para-hydroxylation sites is 1. The number of hydrogen-bond donors (Lipinski definition) is 0. The Morgan fingerprint density at radius 2 is 1.70 bits per heavy atom. The molecule has 0 spiro atoms. The fraction of sp³-hybridized carbons (Fsp3) is 0.263. The molecule has 0 saturated carbocycles. The lowest BCUT2D eigenvalue weighted by molar-refractivity contribution is 0.385. The summed E-state index contributed by atoms with van der Waals surface area (Å²) in [6, 6.07) is 16.7. The maximum Gasteiger partial charge on any atom is 0.243 e. The van der Waals surface area contributed by atoms with E-state index in [4.69, 9.17) is 4.52 Å². The Kier molecular flexibility index (Phi) is 4.67. The van der Waals surface area contributed by atoms with Crippen LogP contribution in [0, 0.1) is 6.92 Å². The second-order valence-electron chi connectivity index (χ2n) is 6.39. The minimum absolute atomic E-state index is 0.246. The molecular weight excluding hydrogens is 364 g/mol. The van der Waals surface area contributed by atoms with E-state index in [0.29, 0.717) is 43.5 Å². The van der Waals surface area contributed by atoms with Crippen LogP contribution in [-0.4, -0.2) is 49.0 Å². The highest BCUT2D eigenvalue weighted by Gasteiger charge is 2.29. The zero-order chi connectivity index (χ0) is 18.9. The number of benzene rings is 2. The standard InChI is InChI=1S/C19H20N4O3S/c1-15-20-19(21-26-15)16-6-5-9-18(14-16)27(24,25)23-12-10-22(11-13-23)17-7-3-2-4-8-17/h2-9,14H,10-13H2,1H3. The van der Waals surface area contributed by atoms with Gasteiger partial charge in [-0.2, -0.15) is 9.29 Å². The van der Waals surface area contributed by atoms with Gasteiger partial charge in [0.25, 0.3) is 0 Å². The van der Waals surface area contributed by atoms with Crippen LogP contribution in [0.3, 0.4) is 0 Å². The maximum absolute atomic E-state index is 13.1. The van der Waals surface area contributed by atoms with Crippen LogP contribution in [0.1, 0.15) is 5.89 Å².